The Bertz CT molecular complexity index is 1630. The highest BCUT2D eigenvalue weighted by molar-refractivity contribution is 8.00. The first-order valence-electron chi connectivity index (χ1n) is 11.7. The van der Waals surface area contributed by atoms with E-state index >= 15 is 0 Å². The maximum absolute atomic E-state index is 15.0. The van der Waals surface area contributed by atoms with Gasteiger partial charge in [0, 0.05) is 11.6 Å². The molecule has 0 heterocycles. The van der Waals surface area contributed by atoms with Gasteiger partial charge in [-0.1, -0.05) is 40.9 Å². The molecular weight excluding hydrogens is 707 g/mol. The molecule has 6 nitrogen and oxygen atoms in total. The Kier molecular flexibility index (Phi) is 9.99. The van der Waals surface area contributed by atoms with Gasteiger partial charge in [-0.2, -0.15) is 13.2 Å². The summed E-state index contributed by atoms with van der Waals surface area (Å²) in [6.07, 6.45) is 0. The first-order chi connectivity index (χ1) is 20.0. The average Bonchev–Trinajstić information content (AvgIpc) is 3.50. The van der Waals surface area contributed by atoms with E-state index in [0.29, 0.717) is 16.7 Å². The molecule has 1 aliphatic carbocycles. The molecule has 43 heavy (non-hydrogen) atoms. The van der Waals surface area contributed by atoms with Crippen LogP contribution in [0.2, 0.25) is 15.1 Å². The molecule has 1 fully saturated rings. The summed E-state index contributed by atoms with van der Waals surface area (Å²) in [5.74, 6) is -8.36. The van der Waals surface area contributed by atoms with Crippen LogP contribution in [0.15, 0.2) is 48.5 Å². The number of alkyl halides is 5. The number of nitrogens with one attached hydrogen (secondary N) is 3. The minimum absolute atomic E-state index is 0.0955. The van der Waals surface area contributed by atoms with Crippen LogP contribution < -0.4 is 16.0 Å². The third kappa shape index (κ3) is 7.79. The van der Waals surface area contributed by atoms with Gasteiger partial charge >= 0.3 is 5.51 Å². The molecule has 3 aromatic rings. The van der Waals surface area contributed by atoms with Crippen molar-refractivity contribution in [3.8, 4) is 0 Å². The molecule has 0 saturated heterocycles. The molecule has 1 saturated carbocycles. The van der Waals surface area contributed by atoms with Gasteiger partial charge < -0.3 is 16.0 Å². The molecule has 0 aliphatic heterocycles. The number of thioether (sulfide) groups is 1. The van der Waals surface area contributed by atoms with Crippen LogP contribution in [-0.2, 0) is 9.59 Å². The molecule has 228 valence electrons. The van der Waals surface area contributed by atoms with Crippen LogP contribution in [0.25, 0.3) is 0 Å². The summed E-state index contributed by atoms with van der Waals surface area (Å²) in [4.78, 5) is 37.8. The zero-order valence-electron chi connectivity index (χ0n) is 20.9. The van der Waals surface area contributed by atoms with Crippen LogP contribution in [-0.4, -0.2) is 33.3 Å². The Morgan fingerprint density at radius 2 is 1.53 bits per heavy atom. The minimum Gasteiger partial charge on any atom is -0.326 e. The quantitative estimate of drug-likeness (QED) is 0.160. The lowest BCUT2D eigenvalue weighted by Gasteiger charge is -2.13. The maximum Gasteiger partial charge on any atom is 0.442 e. The summed E-state index contributed by atoms with van der Waals surface area (Å²) < 4.78 is 64.7. The summed E-state index contributed by atoms with van der Waals surface area (Å²) in [5.41, 5.74) is -5.99. The largest absolute Gasteiger partial charge is 0.442 e. The van der Waals surface area contributed by atoms with Gasteiger partial charge in [0.1, 0.15) is 15.8 Å². The van der Waals surface area contributed by atoms with Crippen molar-refractivity contribution in [1.29, 1.82) is 0 Å². The van der Waals surface area contributed by atoms with Crippen molar-refractivity contribution in [2.45, 2.75) is 15.8 Å². The number of hydrogen-bond donors (Lipinski definition) is 3. The Labute approximate surface area is 269 Å². The van der Waals surface area contributed by atoms with Crippen molar-refractivity contribution in [2.75, 3.05) is 21.7 Å². The lowest BCUT2D eigenvalue weighted by molar-refractivity contribution is -0.117. The molecule has 1 unspecified atom stereocenters. The SMILES string of the molecule is O=C(CSC(F)(F)F)Nc1c(F)ccc(NC(=O)c2cc(NC(=O)C3[C@H](c4ccc(Cl)c(Cl)c4)C3(Cl)Cl)ccc2Cl)c1F. The number of anilines is 3. The predicted molar refractivity (Wildman–Crippen MR) is 159 cm³/mol. The second-order valence-electron chi connectivity index (χ2n) is 9.01. The monoisotopic (exact) mass is 719 g/mol. The topological polar surface area (TPSA) is 87.3 Å². The second-order valence-corrected chi connectivity index (χ2v) is 12.7. The molecule has 17 heteroatoms. The summed E-state index contributed by atoms with van der Waals surface area (Å²) in [5, 5.41) is 6.89. The lowest BCUT2D eigenvalue weighted by atomic mass is 10.1. The van der Waals surface area contributed by atoms with Gasteiger partial charge in [0.05, 0.1) is 38.0 Å². The van der Waals surface area contributed by atoms with Gasteiger partial charge in [0.15, 0.2) is 5.82 Å². The Morgan fingerprint density at radius 3 is 2.19 bits per heavy atom. The number of hydrogen-bond acceptors (Lipinski definition) is 4. The Morgan fingerprint density at radius 1 is 0.860 bits per heavy atom. The minimum atomic E-state index is -4.74. The van der Waals surface area contributed by atoms with E-state index < -0.39 is 79.9 Å². The van der Waals surface area contributed by atoms with Gasteiger partial charge in [-0.15, -0.1) is 23.2 Å². The third-order valence-corrected chi connectivity index (χ3v) is 8.83. The number of benzene rings is 3. The van der Waals surface area contributed by atoms with Gasteiger partial charge in [-0.25, -0.2) is 8.78 Å². The van der Waals surface area contributed by atoms with Crippen LogP contribution in [0.4, 0.5) is 39.0 Å². The Balaban J connectivity index is 1.48. The van der Waals surface area contributed by atoms with Crippen LogP contribution in [0, 0.1) is 17.6 Å². The van der Waals surface area contributed by atoms with Crippen molar-refractivity contribution in [1.82, 2.24) is 0 Å². The lowest BCUT2D eigenvalue weighted by Crippen LogP contribution is -2.20. The van der Waals surface area contributed by atoms with E-state index in [-0.39, 0.29) is 21.3 Å². The van der Waals surface area contributed by atoms with Crippen LogP contribution in [0.5, 0.6) is 0 Å². The van der Waals surface area contributed by atoms with E-state index in [9.17, 15) is 36.3 Å². The molecule has 3 amide bonds. The molecule has 3 N–H and O–H groups in total. The molecule has 3 aromatic carbocycles. The highest BCUT2D eigenvalue weighted by Crippen LogP contribution is 2.65. The van der Waals surface area contributed by atoms with Gasteiger partial charge in [-0.05, 0) is 59.8 Å². The van der Waals surface area contributed by atoms with E-state index in [1.807, 2.05) is 0 Å². The molecule has 1 aliphatic rings. The molecule has 0 radical (unpaired) electrons. The number of carbonyl (C=O) groups excluding carboxylic acids is 3. The predicted octanol–water partition coefficient (Wildman–Crippen LogP) is 8.89. The second kappa shape index (κ2) is 12.9. The summed E-state index contributed by atoms with van der Waals surface area (Å²) in [6, 6.07) is 10.1. The van der Waals surface area contributed by atoms with Crippen molar-refractivity contribution in [2.24, 2.45) is 5.92 Å². The summed E-state index contributed by atoms with van der Waals surface area (Å²) in [6.45, 7) is 0. The molecular formula is C26H15Cl5F5N3O3S. The zero-order valence-corrected chi connectivity index (χ0v) is 25.5. The van der Waals surface area contributed by atoms with E-state index in [0.717, 1.165) is 6.07 Å². The number of amides is 3. The highest BCUT2D eigenvalue weighted by Gasteiger charge is 2.67. The maximum atomic E-state index is 15.0. The fourth-order valence-corrected chi connectivity index (χ4v) is 5.75. The highest BCUT2D eigenvalue weighted by atomic mass is 35.5. The standard InChI is InChI=1S/C26H15Cl5F5N3O3S/c27-13-4-2-11(37-24(42)20-19(25(20,30)31)10-1-3-14(28)15(29)7-10)8-12(13)23(41)38-17-6-5-16(32)22(21(17)33)39-18(40)9-43-26(34,35)36/h1-8,19-20H,9H2,(H,37,42)(H,38,41)(H,39,40)/t19-,20?/m0/s1. The zero-order chi connectivity index (χ0) is 31.9. The molecule has 0 spiro atoms. The first kappa shape index (κ1) is 33.4. The first-order valence-corrected chi connectivity index (χ1v) is 14.6. The summed E-state index contributed by atoms with van der Waals surface area (Å²) >= 11 is 30.2. The van der Waals surface area contributed by atoms with E-state index in [2.05, 4.69) is 10.6 Å². The van der Waals surface area contributed by atoms with Gasteiger partial charge in [0.25, 0.3) is 5.91 Å². The van der Waals surface area contributed by atoms with Crippen LogP contribution in [0.3, 0.4) is 0 Å². The summed E-state index contributed by atoms with van der Waals surface area (Å²) in [7, 11) is 0. The molecule has 0 aromatic heterocycles. The van der Waals surface area contributed by atoms with Crippen molar-refractivity contribution < 1.29 is 36.3 Å². The third-order valence-electron chi connectivity index (χ3n) is 6.09. The molecule has 2 atom stereocenters. The fourth-order valence-electron chi connectivity index (χ4n) is 4.05. The Hall–Kier alpha value is -2.48. The molecule has 0 bridgehead atoms. The number of carbonyl (C=O) groups is 3. The average molecular weight is 722 g/mol. The van der Waals surface area contributed by atoms with E-state index in [1.54, 1.807) is 17.4 Å². The van der Waals surface area contributed by atoms with Crippen LogP contribution >= 0.6 is 69.8 Å². The van der Waals surface area contributed by atoms with Crippen molar-refractivity contribution >= 4 is 105 Å². The number of halogens is 10. The van der Waals surface area contributed by atoms with Gasteiger partial charge in [-0.3, -0.25) is 14.4 Å². The number of rotatable bonds is 8. The van der Waals surface area contributed by atoms with Crippen molar-refractivity contribution in [3.63, 3.8) is 0 Å². The van der Waals surface area contributed by atoms with Gasteiger partial charge in [0.2, 0.25) is 11.8 Å². The fraction of sp³-hybridized carbons (Fsp3) is 0.192. The van der Waals surface area contributed by atoms with E-state index in [4.69, 9.17) is 58.0 Å². The smallest absolute Gasteiger partial charge is 0.326 e. The normalized spacial score (nSPS) is 17.3. The molecule has 4 rings (SSSR count). The van der Waals surface area contributed by atoms with Crippen molar-refractivity contribution in [3.05, 3.63) is 86.4 Å². The van der Waals surface area contributed by atoms with E-state index in [1.165, 1.54) is 24.3 Å². The van der Waals surface area contributed by atoms with Crippen LogP contribution in [0.1, 0.15) is 21.8 Å².